The molecule has 2 saturated heterocycles. The van der Waals surface area contributed by atoms with Crippen LogP contribution in [0.2, 0.25) is 0 Å². The van der Waals surface area contributed by atoms with Gasteiger partial charge in [0.25, 0.3) is 0 Å². The van der Waals surface area contributed by atoms with Gasteiger partial charge in [-0.1, -0.05) is 0 Å². The van der Waals surface area contributed by atoms with Crippen molar-refractivity contribution in [2.24, 2.45) is 5.41 Å². The summed E-state index contributed by atoms with van der Waals surface area (Å²) in [7, 11) is 3.67. The summed E-state index contributed by atoms with van der Waals surface area (Å²) in [5.74, 6) is 0.225. The van der Waals surface area contributed by atoms with Crippen molar-refractivity contribution < 1.29 is 4.79 Å². The first-order chi connectivity index (χ1) is 7.61. The third-order valence-corrected chi connectivity index (χ3v) is 3.93. The highest BCUT2D eigenvalue weighted by atomic mass is 16.2. The second kappa shape index (κ2) is 4.72. The summed E-state index contributed by atoms with van der Waals surface area (Å²) in [4.78, 5) is 15.7. The molecule has 4 heteroatoms. The minimum absolute atomic E-state index is 0.225. The SMILES string of the molecule is CN(C)C(=O)CN1CCCC2(CCNC2)C1. The van der Waals surface area contributed by atoms with E-state index < -0.39 is 0 Å². The van der Waals surface area contributed by atoms with Gasteiger partial charge in [-0.15, -0.1) is 0 Å². The Labute approximate surface area is 98.0 Å². The van der Waals surface area contributed by atoms with Crippen LogP contribution in [-0.2, 0) is 4.79 Å². The van der Waals surface area contributed by atoms with Crippen molar-refractivity contribution in [2.45, 2.75) is 19.3 Å². The summed E-state index contributed by atoms with van der Waals surface area (Å²) < 4.78 is 0. The van der Waals surface area contributed by atoms with Crippen molar-refractivity contribution in [1.29, 1.82) is 0 Å². The van der Waals surface area contributed by atoms with Crippen molar-refractivity contribution in [3.63, 3.8) is 0 Å². The van der Waals surface area contributed by atoms with Gasteiger partial charge < -0.3 is 10.2 Å². The molecule has 1 amide bonds. The highest BCUT2D eigenvalue weighted by Gasteiger charge is 2.38. The van der Waals surface area contributed by atoms with E-state index in [-0.39, 0.29) is 5.91 Å². The van der Waals surface area contributed by atoms with E-state index in [0.717, 1.165) is 26.2 Å². The second-order valence-corrected chi connectivity index (χ2v) is 5.53. The van der Waals surface area contributed by atoms with E-state index in [0.29, 0.717) is 12.0 Å². The van der Waals surface area contributed by atoms with E-state index in [2.05, 4.69) is 10.2 Å². The van der Waals surface area contributed by atoms with Gasteiger partial charge in [-0.25, -0.2) is 0 Å². The Morgan fingerprint density at radius 2 is 2.25 bits per heavy atom. The number of likely N-dealkylation sites (N-methyl/N-ethyl adjacent to an activating group) is 1. The first kappa shape index (κ1) is 11.9. The number of likely N-dealkylation sites (tertiary alicyclic amines) is 1. The Morgan fingerprint density at radius 3 is 2.88 bits per heavy atom. The van der Waals surface area contributed by atoms with Crippen LogP contribution >= 0.6 is 0 Å². The average molecular weight is 225 g/mol. The number of hydrogen-bond acceptors (Lipinski definition) is 3. The number of rotatable bonds is 2. The zero-order valence-electron chi connectivity index (χ0n) is 10.5. The van der Waals surface area contributed by atoms with E-state index in [4.69, 9.17) is 0 Å². The molecule has 1 atom stereocenters. The first-order valence-electron chi connectivity index (χ1n) is 6.25. The van der Waals surface area contributed by atoms with Gasteiger partial charge in [0, 0.05) is 27.2 Å². The van der Waals surface area contributed by atoms with Gasteiger partial charge >= 0.3 is 0 Å². The van der Waals surface area contributed by atoms with Crippen LogP contribution in [0, 0.1) is 5.41 Å². The molecule has 2 heterocycles. The van der Waals surface area contributed by atoms with Crippen molar-refractivity contribution in [3.05, 3.63) is 0 Å². The molecule has 1 N–H and O–H groups in total. The lowest BCUT2D eigenvalue weighted by atomic mass is 9.79. The van der Waals surface area contributed by atoms with Crippen LogP contribution < -0.4 is 5.32 Å². The van der Waals surface area contributed by atoms with E-state index in [1.54, 1.807) is 4.90 Å². The molecule has 2 aliphatic heterocycles. The number of amides is 1. The van der Waals surface area contributed by atoms with Crippen LogP contribution in [0.4, 0.5) is 0 Å². The van der Waals surface area contributed by atoms with Crippen LogP contribution in [0.15, 0.2) is 0 Å². The molecular weight excluding hydrogens is 202 g/mol. The number of hydrogen-bond donors (Lipinski definition) is 1. The van der Waals surface area contributed by atoms with Crippen molar-refractivity contribution in [2.75, 3.05) is 46.8 Å². The van der Waals surface area contributed by atoms with Crippen molar-refractivity contribution in [1.82, 2.24) is 15.1 Å². The van der Waals surface area contributed by atoms with Crippen molar-refractivity contribution in [3.8, 4) is 0 Å². The summed E-state index contributed by atoms with van der Waals surface area (Å²) in [5.41, 5.74) is 0.463. The first-order valence-corrected chi connectivity index (χ1v) is 6.25. The number of nitrogens with zero attached hydrogens (tertiary/aromatic N) is 2. The fourth-order valence-corrected chi connectivity index (χ4v) is 2.92. The van der Waals surface area contributed by atoms with Crippen LogP contribution in [0.5, 0.6) is 0 Å². The monoisotopic (exact) mass is 225 g/mol. The van der Waals surface area contributed by atoms with Gasteiger partial charge in [-0.05, 0) is 37.8 Å². The van der Waals surface area contributed by atoms with Gasteiger partial charge in [0.05, 0.1) is 6.54 Å². The third-order valence-electron chi connectivity index (χ3n) is 3.93. The molecule has 2 fully saturated rings. The Kier molecular flexibility index (Phi) is 3.50. The van der Waals surface area contributed by atoms with Gasteiger partial charge in [0.15, 0.2) is 0 Å². The standard InChI is InChI=1S/C12H23N3O/c1-14(2)11(16)8-15-7-3-4-12(10-15)5-6-13-9-12/h13H,3-10H2,1-2H3. The molecule has 2 rings (SSSR count). The minimum atomic E-state index is 0.225. The fourth-order valence-electron chi connectivity index (χ4n) is 2.92. The predicted molar refractivity (Wildman–Crippen MR) is 64.3 cm³/mol. The molecule has 16 heavy (non-hydrogen) atoms. The minimum Gasteiger partial charge on any atom is -0.348 e. The topological polar surface area (TPSA) is 35.6 Å². The number of piperidine rings is 1. The summed E-state index contributed by atoms with van der Waals surface area (Å²) in [6.07, 6.45) is 3.84. The lowest BCUT2D eigenvalue weighted by Crippen LogP contribution is -2.47. The Hall–Kier alpha value is -0.610. The quantitative estimate of drug-likeness (QED) is 0.726. The molecule has 92 valence electrons. The Balaban J connectivity index is 1.89. The number of carbonyl (C=O) groups excluding carboxylic acids is 1. The van der Waals surface area contributed by atoms with E-state index in [9.17, 15) is 4.79 Å². The van der Waals surface area contributed by atoms with Gasteiger partial charge in [-0.2, -0.15) is 0 Å². The Morgan fingerprint density at radius 1 is 1.44 bits per heavy atom. The molecule has 1 unspecified atom stereocenters. The zero-order chi connectivity index (χ0) is 11.6. The summed E-state index contributed by atoms with van der Waals surface area (Å²) in [6, 6.07) is 0. The largest absolute Gasteiger partial charge is 0.348 e. The van der Waals surface area contributed by atoms with E-state index in [1.165, 1.54) is 19.3 Å². The Bertz CT molecular complexity index is 259. The average Bonchev–Trinajstić information content (AvgIpc) is 2.66. The molecule has 1 spiro atoms. The lowest BCUT2D eigenvalue weighted by Gasteiger charge is -2.40. The van der Waals surface area contributed by atoms with Crippen LogP contribution in [0.1, 0.15) is 19.3 Å². The van der Waals surface area contributed by atoms with Crippen LogP contribution in [0.3, 0.4) is 0 Å². The maximum Gasteiger partial charge on any atom is 0.236 e. The number of carbonyl (C=O) groups is 1. The molecule has 0 radical (unpaired) electrons. The van der Waals surface area contributed by atoms with E-state index in [1.807, 2.05) is 14.1 Å². The smallest absolute Gasteiger partial charge is 0.236 e. The molecular formula is C12H23N3O. The second-order valence-electron chi connectivity index (χ2n) is 5.53. The van der Waals surface area contributed by atoms with Gasteiger partial charge in [-0.3, -0.25) is 9.69 Å². The summed E-state index contributed by atoms with van der Waals surface area (Å²) >= 11 is 0. The molecule has 0 aromatic rings. The maximum absolute atomic E-state index is 11.7. The molecule has 0 aromatic carbocycles. The summed E-state index contributed by atoms with van der Waals surface area (Å²) in [6.45, 7) is 5.06. The highest BCUT2D eigenvalue weighted by molar-refractivity contribution is 5.77. The maximum atomic E-state index is 11.7. The number of nitrogens with one attached hydrogen (secondary N) is 1. The fraction of sp³-hybridized carbons (Fsp3) is 0.917. The van der Waals surface area contributed by atoms with Crippen LogP contribution in [0.25, 0.3) is 0 Å². The highest BCUT2D eigenvalue weighted by Crippen LogP contribution is 2.35. The molecule has 4 nitrogen and oxygen atoms in total. The predicted octanol–water partition coefficient (Wildman–Crippen LogP) is 0.150. The van der Waals surface area contributed by atoms with Gasteiger partial charge in [0.1, 0.15) is 0 Å². The van der Waals surface area contributed by atoms with E-state index >= 15 is 0 Å². The molecule has 0 saturated carbocycles. The molecule has 2 aliphatic rings. The zero-order valence-corrected chi connectivity index (χ0v) is 10.5. The van der Waals surface area contributed by atoms with Crippen molar-refractivity contribution >= 4 is 5.91 Å². The third kappa shape index (κ3) is 2.55. The molecule has 0 aliphatic carbocycles. The normalized spacial score (nSPS) is 30.9. The van der Waals surface area contributed by atoms with Gasteiger partial charge in [0.2, 0.25) is 5.91 Å². The summed E-state index contributed by atoms with van der Waals surface area (Å²) in [5, 5.41) is 3.46. The molecule has 0 bridgehead atoms. The lowest BCUT2D eigenvalue weighted by molar-refractivity contribution is -0.130. The van der Waals surface area contributed by atoms with Crippen LogP contribution in [-0.4, -0.2) is 62.5 Å². The molecule has 0 aromatic heterocycles.